The Balaban J connectivity index is 1.49. The van der Waals surface area contributed by atoms with E-state index in [-0.39, 0.29) is 18.5 Å². The zero-order chi connectivity index (χ0) is 19.3. The van der Waals surface area contributed by atoms with Gasteiger partial charge in [-0.25, -0.2) is 13.1 Å². The molecule has 7 nitrogen and oxygen atoms in total. The highest BCUT2D eigenvalue weighted by molar-refractivity contribution is 7.88. The maximum Gasteiger partial charge on any atom is 0.251 e. The lowest BCUT2D eigenvalue weighted by Crippen LogP contribution is -2.44. The number of nitrogens with one attached hydrogen (secondary N) is 2. The van der Waals surface area contributed by atoms with Crippen LogP contribution < -0.4 is 14.9 Å². The van der Waals surface area contributed by atoms with Gasteiger partial charge in [0.2, 0.25) is 10.0 Å². The fraction of sp³-hybridized carbons (Fsp3) is 0.368. The molecule has 0 atom stereocenters. The molecule has 1 saturated heterocycles. The molecule has 0 aliphatic carbocycles. The molecule has 1 fully saturated rings. The van der Waals surface area contributed by atoms with Crippen molar-refractivity contribution in [3.05, 3.63) is 59.9 Å². The molecule has 144 valence electrons. The van der Waals surface area contributed by atoms with E-state index in [4.69, 9.17) is 0 Å². The van der Waals surface area contributed by atoms with Gasteiger partial charge in [-0.05, 0) is 42.7 Å². The lowest BCUT2D eigenvalue weighted by atomic mass is 10.0. The first-order valence-electron chi connectivity index (χ1n) is 8.90. The Morgan fingerprint density at radius 3 is 2.33 bits per heavy atom. The van der Waals surface area contributed by atoms with Crippen LogP contribution in [0.1, 0.15) is 28.8 Å². The number of benzene rings is 1. The van der Waals surface area contributed by atoms with Gasteiger partial charge in [0.05, 0.1) is 6.26 Å². The zero-order valence-electron chi connectivity index (χ0n) is 15.3. The summed E-state index contributed by atoms with van der Waals surface area (Å²) in [6.07, 6.45) is 6.49. The van der Waals surface area contributed by atoms with Crippen LogP contribution in [0, 0.1) is 0 Å². The Bertz CT molecular complexity index is 862. The number of nitrogens with zero attached hydrogens (tertiary/aromatic N) is 2. The molecule has 3 rings (SSSR count). The van der Waals surface area contributed by atoms with E-state index < -0.39 is 10.0 Å². The zero-order valence-corrected chi connectivity index (χ0v) is 16.1. The lowest BCUT2D eigenvalue weighted by molar-refractivity contribution is 0.0931. The minimum absolute atomic E-state index is 0.0972. The molecular weight excluding hydrogens is 364 g/mol. The third kappa shape index (κ3) is 5.77. The molecule has 1 amide bonds. The van der Waals surface area contributed by atoms with Crippen molar-refractivity contribution < 1.29 is 13.2 Å². The number of hydrogen-bond acceptors (Lipinski definition) is 5. The Hall–Kier alpha value is -2.45. The second kappa shape index (κ2) is 8.49. The monoisotopic (exact) mass is 388 g/mol. The second-order valence-electron chi connectivity index (χ2n) is 6.73. The topological polar surface area (TPSA) is 91.4 Å². The predicted octanol–water partition coefficient (Wildman–Crippen LogP) is 1.53. The quantitative estimate of drug-likeness (QED) is 0.783. The summed E-state index contributed by atoms with van der Waals surface area (Å²) in [4.78, 5) is 18.8. The maximum atomic E-state index is 12.4. The van der Waals surface area contributed by atoms with Gasteiger partial charge in [-0.15, -0.1) is 0 Å². The van der Waals surface area contributed by atoms with E-state index in [0.29, 0.717) is 5.56 Å². The normalized spacial score (nSPS) is 15.5. The van der Waals surface area contributed by atoms with Crippen LogP contribution in [-0.4, -0.2) is 44.7 Å². The van der Waals surface area contributed by atoms with Crippen molar-refractivity contribution in [3.63, 3.8) is 0 Å². The summed E-state index contributed by atoms with van der Waals surface area (Å²) in [6, 6.07) is 11.1. The highest BCUT2D eigenvalue weighted by Gasteiger charge is 2.21. The van der Waals surface area contributed by atoms with Crippen molar-refractivity contribution in [2.45, 2.75) is 25.4 Å². The summed E-state index contributed by atoms with van der Waals surface area (Å²) in [5.74, 6) is -0.0972. The van der Waals surface area contributed by atoms with E-state index >= 15 is 0 Å². The number of carbonyl (C=O) groups is 1. The standard InChI is InChI=1S/C19H24N4O3S/c1-27(25,26)21-14-15-2-4-16(5-3-15)19(24)22-17-8-12-23(13-9-17)18-6-10-20-11-7-18/h2-7,10-11,17,21H,8-9,12-14H2,1H3,(H,22,24). The van der Waals surface area contributed by atoms with Crippen molar-refractivity contribution in [2.24, 2.45) is 0 Å². The number of rotatable bonds is 6. The molecule has 2 heterocycles. The van der Waals surface area contributed by atoms with E-state index in [0.717, 1.165) is 43.4 Å². The Kier molecular flexibility index (Phi) is 6.08. The van der Waals surface area contributed by atoms with Gasteiger partial charge in [0, 0.05) is 49.3 Å². The van der Waals surface area contributed by atoms with E-state index in [1.54, 1.807) is 36.7 Å². The molecule has 1 aliphatic heterocycles. The van der Waals surface area contributed by atoms with Gasteiger partial charge < -0.3 is 10.2 Å². The van der Waals surface area contributed by atoms with Crippen LogP contribution in [0.15, 0.2) is 48.8 Å². The van der Waals surface area contributed by atoms with Gasteiger partial charge in [-0.1, -0.05) is 12.1 Å². The van der Waals surface area contributed by atoms with E-state index in [1.165, 1.54) is 0 Å². The molecule has 8 heteroatoms. The Labute approximate surface area is 159 Å². The molecule has 2 N–H and O–H groups in total. The Morgan fingerprint density at radius 2 is 1.74 bits per heavy atom. The van der Waals surface area contributed by atoms with Gasteiger partial charge in [-0.2, -0.15) is 0 Å². The smallest absolute Gasteiger partial charge is 0.251 e. The third-order valence-electron chi connectivity index (χ3n) is 4.61. The highest BCUT2D eigenvalue weighted by Crippen LogP contribution is 2.19. The minimum Gasteiger partial charge on any atom is -0.371 e. The second-order valence-corrected chi connectivity index (χ2v) is 8.56. The first kappa shape index (κ1) is 19.3. The predicted molar refractivity (Wildman–Crippen MR) is 105 cm³/mol. The van der Waals surface area contributed by atoms with Crippen LogP contribution >= 0.6 is 0 Å². The molecule has 0 saturated carbocycles. The molecule has 0 bridgehead atoms. The summed E-state index contributed by atoms with van der Waals surface area (Å²) in [7, 11) is -3.23. The van der Waals surface area contributed by atoms with Crippen molar-refractivity contribution in [1.29, 1.82) is 0 Å². The van der Waals surface area contributed by atoms with Crippen molar-refractivity contribution >= 4 is 21.6 Å². The molecule has 0 unspecified atom stereocenters. The van der Waals surface area contributed by atoms with E-state index in [1.807, 2.05) is 12.1 Å². The Morgan fingerprint density at radius 1 is 1.11 bits per heavy atom. The van der Waals surface area contributed by atoms with Gasteiger partial charge in [0.25, 0.3) is 5.91 Å². The summed E-state index contributed by atoms with van der Waals surface area (Å²) in [5, 5.41) is 3.09. The number of aromatic nitrogens is 1. The molecule has 1 aromatic carbocycles. The summed E-state index contributed by atoms with van der Waals surface area (Å²) in [5.41, 5.74) is 2.55. The summed E-state index contributed by atoms with van der Waals surface area (Å²) < 4.78 is 24.7. The van der Waals surface area contributed by atoms with Crippen molar-refractivity contribution in [3.8, 4) is 0 Å². The highest BCUT2D eigenvalue weighted by atomic mass is 32.2. The van der Waals surface area contributed by atoms with Gasteiger partial charge in [-0.3, -0.25) is 9.78 Å². The molecule has 27 heavy (non-hydrogen) atoms. The maximum absolute atomic E-state index is 12.4. The van der Waals surface area contributed by atoms with E-state index in [2.05, 4.69) is 19.9 Å². The molecule has 0 radical (unpaired) electrons. The van der Waals surface area contributed by atoms with Crippen molar-refractivity contribution in [1.82, 2.24) is 15.0 Å². The number of hydrogen-bond donors (Lipinski definition) is 2. The minimum atomic E-state index is -3.23. The first-order chi connectivity index (χ1) is 12.9. The molecule has 1 aliphatic rings. The number of pyridine rings is 1. The molecular formula is C19H24N4O3S. The molecule has 0 spiro atoms. The molecule has 2 aromatic rings. The van der Waals surface area contributed by atoms with Gasteiger partial charge in [0.15, 0.2) is 0 Å². The average Bonchev–Trinajstić information content (AvgIpc) is 2.67. The third-order valence-corrected chi connectivity index (χ3v) is 5.28. The summed E-state index contributed by atoms with van der Waals surface area (Å²) >= 11 is 0. The van der Waals surface area contributed by atoms with E-state index in [9.17, 15) is 13.2 Å². The van der Waals surface area contributed by atoms with Crippen LogP contribution in [-0.2, 0) is 16.6 Å². The number of anilines is 1. The number of sulfonamides is 1. The van der Waals surface area contributed by atoms with Crippen LogP contribution in [0.4, 0.5) is 5.69 Å². The SMILES string of the molecule is CS(=O)(=O)NCc1ccc(C(=O)NC2CCN(c3ccncc3)CC2)cc1. The molecule has 1 aromatic heterocycles. The van der Waals surface area contributed by atoms with Crippen molar-refractivity contribution in [2.75, 3.05) is 24.2 Å². The van der Waals surface area contributed by atoms with Gasteiger partial charge in [0.1, 0.15) is 0 Å². The van der Waals surface area contributed by atoms with Crippen LogP contribution in [0.5, 0.6) is 0 Å². The van der Waals surface area contributed by atoms with Crippen LogP contribution in [0.2, 0.25) is 0 Å². The average molecular weight is 388 g/mol. The number of amides is 1. The number of carbonyl (C=O) groups excluding carboxylic acids is 1. The van der Waals surface area contributed by atoms with Gasteiger partial charge >= 0.3 is 0 Å². The first-order valence-corrected chi connectivity index (χ1v) is 10.8. The summed E-state index contributed by atoms with van der Waals surface area (Å²) in [6.45, 7) is 2.00. The van der Waals surface area contributed by atoms with Crippen LogP contribution in [0.25, 0.3) is 0 Å². The largest absolute Gasteiger partial charge is 0.371 e. The van der Waals surface area contributed by atoms with Crippen LogP contribution in [0.3, 0.4) is 0 Å². The lowest BCUT2D eigenvalue weighted by Gasteiger charge is -2.33. The fourth-order valence-corrected chi connectivity index (χ4v) is 3.52. The number of piperidine rings is 1. The fourth-order valence-electron chi connectivity index (χ4n) is 3.09.